The Morgan fingerprint density at radius 3 is 1.86 bits per heavy atom. The van der Waals surface area contributed by atoms with E-state index >= 15 is 0 Å². The molecule has 0 saturated carbocycles. The number of aliphatic carboxylic acids is 2. The third-order valence-corrected chi connectivity index (χ3v) is 2.49. The average molecular weight is 303 g/mol. The van der Waals surface area contributed by atoms with E-state index in [2.05, 4.69) is 6.58 Å². The number of carboxylic acids is 2. The Bertz CT molecular complexity index is 629. The normalized spacial score (nSPS) is 12.6. The Balaban J connectivity index is 0.000000239. The van der Waals surface area contributed by atoms with Crippen molar-refractivity contribution < 1.29 is 29.4 Å². The molecule has 0 saturated heterocycles. The summed E-state index contributed by atoms with van der Waals surface area (Å²) >= 11 is 0. The van der Waals surface area contributed by atoms with Gasteiger partial charge >= 0.3 is 11.9 Å². The second-order valence-corrected chi connectivity index (χ2v) is 4.16. The summed E-state index contributed by atoms with van der Waals surface area (Å²) in [5, 5.41) is 16.1. The number of carbonyl (C=O) groups excluding carboxylic acids is 2. The highest BCUT2D eigenvalue weighted by molar-refractivity contribution is 6.28. The van der Waals surface area contributed by atoms with E-state index < -0.39 is 18.4 Å². The lowest BCUT2D eigenvalue weighted by Gasteiger charge is -2.12. The highest BCUT2D eigenvalue weighted by Gasteiger charge is 2.24. The van der Waals surface area contributed by atoms with E-state index in [0.717, 1.165) is 4.90 Å². The summed E-state index contributed by atoms with van der Waals surface area (Å²) in [7, 11) is 0. The smallest absolute Gasteiger partial charge is 0.331 e. The molecule has 0 radical (unpaired) electrons. The first-order valence-corrected chi connectivity index (χ1v) is 6.07. The van der Waals surface area contributed by atoms with E-state index in [1.54, 1.807) is 24.3 Å². The number of hydrogen-bond acceptors (Lipinski definition) is 4. The van der Waals surface area contributed by atoms with E-state index in [9.17, 15) is 19.2 Å². The third kappa shape index (κ3) is 4.71. The number of anilines is 1. The molecule has 2 rings (SSSR count). The minimum atomic E-state index is -1.27. The second kappa shape index (κ2) is 7.53. The van der Waals surface area contributed by atoms with Gasteiger partial charge in [0, 0.05) is 17.7 Å². The summed E-state index contributed by atoms with van der Waals surface area (Å²) in [5.74, 6) is -3.01. The molecule has 114 valence electrons. The van der Waals surface area contributed by atoms with Crippen LogP contribution in [-0.2, 0) is 19.2 Å². The summed E-state index contributed by atoms with van der Waals surface area (Å²) in [5.41, 5.74) is 0.310. The molecule has 1 aromatic rings. The summed E-state index contributed by atoms with van der Waals surface area (Å²) in [6.07, 6.45) is 2.04. The van der Waals surface area contributed by atoms with Gasteiger partial charge in [0.15, 0.2) is 0 Å². The van der Waals surface area contributed by atoms with Gasteiger partial charge in [0.1, 0.15) is 0 Å². The highest BCUT2D eigenvalue weighted by atomic mass is 16.4. The maximum Gasteiger partial charge on any atom is 0.331 e. The predicted octanol–water partition coefficient (Wildman–Crippen LogP) is 1.22. The molecule has 0 bridgehead atoms. The van der Waals surface area contributed by atoms with Crippen LogP contribution in [-0.4, -0.2) is 34.0 Å². The monoisotopic (exact) mass is 303 g/mol. The zero-order valence-electron chi connectivity index (χ0n) is 11.4. The van der Waals surface area contributed by atoms with Crippen LogP contribution in [0.1, 0.15) is 6.42 Å². The molecule has 0 spiro atoms. The van der Waals surface area contributed by atoms with Crippen molar-refractivity contribution in [1.82, 2.24) is 0 Å². The highest BCUT2D eigenvalue weighted by Crippen LogP contribution is 2.17. The van der Waals surface area contributed by atoms with Crippen LogP contribution in [0.2, 0.25) is 0 Å². The molecule has 0 unspecified atom stereocenters. The largest absolute Gasteiger partial charge is 0.481 e. The Hall–Kier alpha value is -3.22. The van der Waals surface area contributed by atoms with Gasteiger partial charge < -0.3 is 10.2 Å². The minimum Gasteiger partial charge on any atom is -0.481 e. The van der Waals surface area contributed by atoms with Crippen LogP contribution in [0.25, 0.3) is 0 Å². The minimum absolute atomic E-state index is 0.281. The maximum absolute atomic E-state index is 11.2. The van der Waals surface area contributed by atoms with Crippen molar-refractivity contribution in [2.45, 2.75) is 6.42 Å². The first-order chi connectivity index (χ1) is 10.3. The quantitative estimate of drug-likeness (QED) is 0.639. The fourth-order valence-electron chi connectivity index (χ4n) is 1.49. The zero-order chi connectivity index (χ0) is 16.7. The van der Waals surface area contributed by atoms with Gasteiger partial charge in [0.05, 0.1) is 12.1 Å². The summed E-state index contributed by atoms with van der Waals surface area (Å²) in [6.45, 7) is 3.01. The number of rotatable bonds is 4. The molecule has 7 nitrogen and oxygen atoms in total. The molecule has 1 heterocycles. The van der Waals surface area contributed by atoms with E-state index in [0.29, 0.717) is 5.69 Å². The van der Waals surface area contributed by atoms with Gasteiger partial charge in [-0.15, -0.1) is 0 Å². The number of para-hydroxylation sites is 1. The summed E-state index contributed by atoms with van der Waals surface area (Å²) in [6, 6.07) is 8.86. The van der Waals surface area contributed by atoms with Crippen LogP contribution < -0.4 is 4.90 Å². The fraction of sp³-hybridized carbons (Fsp3) is 0.0667. The molecule has 1 aromatic carbocycles. The Labute approximate surface area is 125 Å². The first kappa shape index (κ1) is 16.8. The first-order valence-electron chi connectivity index (χ1n) is 6.07. The van der Waals surface area contributed by atoms with Crippen LogP contribution in [0.4, 0.5) is 5.69 Å². The zero-order valence-corrected chi connectivity index (χ0v) is 11.4. The fourth-order valence-corrected chi connectivity index (χ4v) is 1.49. The molecular formula is C15H13NO6. The lowest BCUT2D eigenvalue weighted by Crippen LogP contribution is -2.29. The predicted molar refractivity (Wildman–Crippen MR) is 77.1 cm³/mol. The Morgan fingerprint density at radius 1 is 1.00 bits per heavy atom. The van der Waals surface area contributed by atoms with Crippen LogP contribution in [0.3, 0.4) is 0 Å². The van der Waals surface area contributed by atoms with Crippen molar-refractivity contribution in [2.24, 2.45) is 0 Å². The molecule has 0 fully saturated rings. The molecule has 2 N–H and O–H groups in total. The molecule has 1 aliphatic rings. The topological polar surface area (TPSA) is 112 Å². The van der Waals surface area contributed by atoms with E-state index in [1.807, 2.05) is 6.07 Å². The van der Waals surface area contributed by atoms with Gasteiger partial charge in [-0.1, -0.05) is 24.8 Å². The van der Waals surface area contributed by atoms with E-state index in [-0.39, 0.29) is 17.4 Å². The Morgan fingerprint density at radius 2 is 1.50 bits per heavy atom. The molecule has 7 heteroatoms. The Kier molecular flexibility index (Phi) is 5.76. The van der Waals surface area contributed by atoms with Gasteiger partial charge in [0.25, 0.3) is 11.8 Å². The molecule has 0 aliphatic carbocycles. The van der Waals surface area contributed by atoms with Crippen molar-refractivity contribution in [2.75, 3.05) is 4.90 Å². The van der Waals surface area contributed by atoms with Crippen molar-refractivity contribution in [3.63, 3.8) is 0 Å². The molecule has 0 atom stereocenters. The number of hydrogen-bond donors (Lipinski definition) is 2. The average Bonchev–Trinajstić information content (AvgIpc) is 2.79. The van der Waals surface area contributed by atoms with Crippen molar-refractivity contribution in [3.8, 4) is 0 Å². The van der Waals surface area contributed by atoms with E-state index in [1.165, 1.54) is 12.2 Å². The maximum atomic E-state index is 11.2. The number of nitrogens with zero attached hydrogens (tertiary/aromatic N) is 1. The second-order valence-electron chi connectivity index (χ2n) is 4.16. The lowest BCUT2D eigenvalue weighted by atomic mass is 10.2. The standard InChI is InChI=1S/C10H7NO2.C5H6O4/c12-9-6-7-10(13)11(9)8-4-2-1-3-5-8;1-3(5(8)9)2-4(6)7/h1-7H;1-2H2,(H,6,7)(H,8,9). The van der Waals surface area contributed by atoms with E-state index in [4.69, 9.17) is 10.2 Å². The van der Waals surface area contributed by atoms with Crippen LogP contribution in [0.5, 0.6) is 0 Å². The molecular weight excluding hydrogens is 290 g/mol. The number of imide groups is 1. The number of carbonyl (C=O) groups is 4. The summed E-state index contributed by atoms with van der Waals surface area (Å²) in [4.78, 5) is 43.2. The van der Waals surface area contributed by atoms with Gasteiger partial charge in [-0.3, -0.25) is 14.4 Å². The lowest BCUT2D eigenvalue weighted by molar-refractivity contribution is -0.139. The SMILES string of the molecule is C=C(CC(=O)O)C(=O)O.O=C1C=CC(=O)N1c1ccccc1. The number of carboxylic acid groups (broad SMARTS) is 2. The number of amides is 2. The summed E-state index contributed by atoms with van der Waals surface area (Å²) < 4.78 is 0. The van der Waals surface area contributed by atoms with Crippen LogP contribution in [0.15, 0.2) is 54.6 Å². The molecule has 0 aromatic heterocycles. The van der Waals surface area contributed by atoms with Crippen molar-refractivity contribution >= 4 is 29.4 Å². The van der Waals surface area contributed by atoms with Gasteiger partial charge in [-0.05, 0) is 12.1 Å². The van der Waals surface area contributed by atoms with Crippen molar-refractivity contribution in [3.05, 3.63) is 54.6 Å². The number of benzene rings is 1. The molecule has 1 aliphatic heterocycles. The molecule has 2 amide bonds. The van der Waals surface area contributed by atoms with Crippen LogP contribution in [0, 0.1) is 0 Å². The third-order valence-electron chi connectivity index (χ3n) is 2.49. The van der Waals surface area contributed by atoms with Gasteiger partial charge in [0.2, 0.25) is 0 Å². The van der Waals surface area contributed by atoms with Crippen LogP contribution >= 0.6 is 0 Å². The van der Waals surface area contributed by atoms with Gasteiger partial charge in [-0.2, -0.15) is 0 Å². The van der Waals surface area contributed by atoms with Crippen molar-refractivity contribution in [1.29, 1.82) is 0 Å². The van der Waals surface area contributed by atoms with Gasteiger partial charge in [-0.25, -0.2) is 9.69 Å². The molecule has 22 heavy (non-hydrogen) atoms.